The summed E-state index contributed by atoms with van der Waals surface area (Å²) in [5.74, 6) is -1.65. The number of rotatable bonds is 4. The Bertz CT molecular complexity index is 254. The highest BCUT2D eigenvalue weighted by Gasteiger charge is 2.57. The zero-order valence-corrected chi connectivity index (χ0v) is 8.11. The van der Waals surface area contributed by atoms with Crippen molar-refractivity contribution in [3.05, 3.63) is 0 Å². The van der Waals surface area contributed by atoms with E-state index in [1.165, 1.54) is 0 Å². The van der Waals surface area contributed by atoms with Crippen molar-refractivity contribution in [3.8, 4) is 0 Å². The van der Waals surface area contributed by atoms with Crippen molar-refractivity contribution in [2.45, 2.75) is 6.42 Å². The molecular formula is C11H12O4. The molecule has 4 atom stereocenters. The SMILES string of the molecule is O=CC1C(C=O)C2CC1C(C=O)C2C=O. The highest BCUT2D eigenvalue weighted by Crippen LogP contribution is 2.55. The molecule has 80 valence electrons. The normalized spacial score (nSPS) is 47.5. The Morgan fingerprint density at radius 3 is 1.07 bits per heavy atom. The van der Waals surface area contributed by atoms with Crippen molar-refractivity contribution >= 4 is 25.1 Å². The number of aldehydes is 4. The van der Waals surface area contributed by atoms with Gasteiger partial charge in [-0.3, -0.25) is 0 Å². The van der Waals surface area contributed by atoms with Gasteiger partial charge in [0.2, 0.25) is 0 Å². The second-order valence-corrected chi connectivity index (χ2v) is 4.42. The van der Waals surface area contributed by atoms with E-state index in [1.54, 1.807) is 0 Å². The summed E-state index contributed by atoms with van der Waals surface area (Å²) in [6.45, 7) is 0. The topological polar surface area (TPSA) is 68.3 Å². The zero-order chi connectivity index (χ0) is 11.0. The van der Waals surface area contributed by atoms with Crippen LogP contribution >= 0.6 is 0 Å². The molecule has 4 nitrogen and oxygen atoms in total. The first-order valence-corrected chi connectivity index (χ1v) is 5.09. The zero-order valence-electron chi connectivity index (χ0n) is 8.11. The van der Waals surface area contributed by atoms with Gasteiger partial charge in [-0.1, -0.05) is 0 Å². The number of carbonyl (C=O) groups excluding carboxylic acids is 4. The van der Waals surface area contributed by atoms with Gasteiger partial charge < -0.3 is 19.2 Å². The van der Waals surface area contributed by atoms with Crippen molar-refractivity contribution in [1.82, 2.24) is 0 Å². The molecule has 0 saturated heterocycles. The van der Waals surface area contributed by atoms with Gasteiger partial charge in [-0.15, -0.1) is 0 Å². The Hall–Kier alpha value is -1.32. The average molecular weight is 208 g/mol. The van der Waals surface area contributed by atoms with Crippen molar-refractivity contribution < 1.29 is 19.2 Å². The third-order valence-corrected chi connectivity index (χ3v) is 4.04. The lowest BCUT2D eigenvalue weighted by Gasteiger charge is -2.30. The summed E-state index contributed by atoms with van der Waals surface area (Å²) in [7, 11) is 0. The standard InChI is InChI=1S/C11H12O4/c12-2-8-6-1-7(9(8)3-13)11(5-15)10(6)4-14/h2-11H,1H2. The third-order valence-electron chi connectivity index (χ3n) is 4.04. The second kappa shape index (κ2) is 3.68. The van der Waals surface area contributed by atoms with E-state index >= 15 is 0 Å². The molecule has 0 aromatic heterocycles. The van der Waals surface area contributed by atoms with Crippen LogP contribution in [0.1, 0.15) is 6.42 Å². The van der Waals surface area contributed by atoms with E-state index in [1.807, 2.05) is 0 Å². The van der Waals surface area contributed by atoms with E-state index in [4.69, 9.17) is 0 Å². The van der Waals surface area contributed by atoms with Crippen LogP contribution < -0.4 is 0 Å². The molecule has 0 radical (unpaired) electrons. The smallest absolute Gasteiger partial charge is 0.124 e. The lowest BCUT2D eigenvalue weighted by molar-refractivity contribution is -0.130. The fourth-order valence-electron chi connectivity index (χ4n) is 3.36. The van der Waals surface area contributed by atoms with Crippen molar-refractivity contribution in [1.29, 1.82) is 0 Å². The Kier molecular flexibility index (Phi) is 2.50. The van der Waals surface area contributed by atoms with E-state index in [-0.39, 0.29) is 35.5 Å². The van der Waals surface area contributed by atoms with Gasteiger partial charge in [0, 0.05) is 23.7 Å². The molecule has 0 aromatic rings. The average Bonchev–Trinajstić information content (AvgIpc) is 2.80. The minimum absolute atomic E-state index is 0.101. The largest absolute Gasteiger partial charge is 0.303 e. The van der Waals surface area contributed by atoms with Gasteiger partial charge in [0.05, 0.1) is 0 Å². The predicted molar refractivity (Wildman–Crippen MR) is 49.8 cm³/mol. The first kappa shape index (κ1) is 10.2. The molecule has 0 N–H and O–H groups in total. The van der Waals surface area contributed by atoms with Gasteiger partial charge in [-0.05, 0) is 18.3 Å². The number of fused-ring (bicyclic) bond motifs is 2. The van der Waals surface area contributed by atoms with Crippen LogP contribution in [0.3, 0.4) is 0 Å². The molecule has 0 heterocycles. The Balaban J connectivity index is 2.32. The molecule has 0 amide bonds. The molecule has 2 aliphatic carbocycles. The first-order valence-electron chi connectivity index (χ1n) is 5.09. The van der Waals surface area contributed by atoms with Crippen LogP contribution in [0.2, 0.25) is 0 Å². The maximum Gasteiger partial charge on any atom is 0.124 e. The molecule has 0 aliphatic heterocycles. The van der Waals surface area contributed by atoms with Crippen molar-refractivity contribution in [3.63, 3.8) is 0 Å². The molecule has 0 aromatic carbocycles. The van der Waals surface area contributed by atoms with Crippen LogP contribution in [-0.2, 0) is 19.2 Å². The van der Waals surface area contributed by atoms with E-state index < -0.39 is 0 Å². The summed E-state index contributed by atoms with van der Waals surface area (Å²) in [6, 6.07) is 0. The minimum atomic E-state index is -0.362. The molecular weight excluding hydrogens is 196 g/mol. The predicted octanol–water partition coefficient (Wildman–Crippen LogP) is -0.104. The summed E-state index contributed by atoms with van der Waals surface area (Å²) in [5.41, 5.74) is 0. The van der Waals surface area contributed by atoms with Crippen LogP contribution in [-0.4, -0.2) is 25.1 Å². The monoisotopic (exact) mass is 208 g/mol. The maximum atomic E-state index is 10.9. The van der Waals surface area contributed by atoms with Gasteiger partial charge in [0.15, 0.2) is 0 Å². The Labute approximate surface area is 87.0 Å². The van der Waals surface area contributed by atoms with Gasteiger partial charge >= 0.3 is 0 Å². The molecule has 4 unspecified atom stereocenters. The number of hydrogen-bond donors (Lipinski definition) is 0. The lowest BCUT2D eigenvalue weighted by Crippen LogP contribution is -2.37. The summed E-state index contributed by atoms with van der Waals surface area (Å²) >= 11 is 0. The molecule has 2 rings (SSSR count). The molecule has 2 bridgehead atoms. The summed E-state index contributed by atoms with van der Waals surface area (Å²) in [6.07, 6.45) is 3.71. The van der Waals surface area contributed by atoms with Crippen LogP contribution in [0, 0.1) is 35.5 Å². The van der Waals surface area contributed by atoms with Crippen molar-refractivity contribution in [2.24, 2.45) is 35.5 Å². The molecule has 15 heavy (non-hydrogen) atoms. The van der Waals surface area contributed by atoms with Crippen LogP contribution in [0.25, 0.3) is 0 Å². The van der Waals surface area contributed by atoms with Crippen LogP contribution in [0.5, 0.6) is 0 Å². The number of hydrogen-bond acceptors (Lipinski definition) is 4. The highest BCUT2D eigenvalue weighted by atomic mass is 16.1. The third kappa shape index (κ3) is 1.20. The molecule has 0 spiro atoms. The van der Waals surface area contributed by atoms with Crippen LogP contribution in [0.4, 0.5) is 0 Å². The van der Waals surface area contributed by atoms with Gasteiger partial charge in [-0.2, -0.15) is 0 Å². The summed E-state index contributed by atoms with van der Waals surface area (Å²) in [4.78, 5) is 43.4. The molecule has 4 heteroatoms. The number of carbonyl (C=O) groups is 4. The minimum Gasteiger partial charge on any atom is -0.303 e. The van der Waals surface area contributed by atoms with Crippen molar-refractivity contribution in [2.75, 3.05) is 0 Å². The first-order chi connectivity index (χ1) is 7.28. The van der Waals surface area contributed by atoms with E-state index in [0.29, 0.717) is 6.42 Å². The lowest BCUT2D eigenvalue weighted by atomic mass is 9.70. The van der Waals surface area contributed by atoms with E-state index in [9.17, 15) is 19.2 Å². The quantitative estimate of drug-likeness (QED) is 0.605. The summed E-state index contributed by atoms with van der Waals surface area (Å²) in [5, 5.41) is 0. The highest BCUT2D eigenvalue weighted by molar-refractivity contribution is 5.74. The fourth-order valence-corrected chi connectivity index (χ4v) is 3.36. The van der Waals surface area contributed by atoms with Gasteiger partial charge in [0.25, 0.3) is 0 Å². The Morgan fingerprint density at radius 2 is 0.867 bits per heavy atom. The fraction of sp³-hybridized carbons (Fsp3) is 0.636. The summed E-state index contributed by atoms with van der Waals surface area (Å²) < 4.78 is 0. The molecule has 2 aliphatic rings. The molecule has 2 fully saturated rings. The Morgan fingerprint density at radius 1 is 0.600 bits per heavy atom. The van der Waals surface area contributed by atoms with E-state index in [0.717, 1.165) is 25.1 Å². The van der Waals surface area contributed by atoms with Gasteiger partial charge in [0.1, 0.15) is 25.1 Å². The second-order valence-electron chi connectivity index (χ2n) is 4.42. The molecule has 2 saturated carbocycles. The van der Waals surface area contributed by atoms with E-state index in [2.05, 4.69) is 0 Å². The van der Waals surface area contributed by atoms with Gasteiger partial charge in [-0.25, -0.2) is 0 Å². The maximum absolute atomic E-state index is 10.9. The van der Waals surface area contributed by atoms with Crippen LogP contribution in [0.15, 0.2) is 0 Å².